The fourth-order valence-corrected chi connectivity index (χ4v) is 3.30. The molecule has 3 rings (SSSR count). The first-order chi connectivity index (χ1) is 7.84. The van der Waals surface area contributed by atoms with E-state index in [0.29, 0.717) is 0 Å². The van der Waals surface area contributed by atoms with E-state index in [0.717, 1.165) is 0 Å². The van der Waals surface area contributed by atoms with Gasteiger partial charge in [0.1, 0.15) is 0 Å². The Morgan fingerprint density at radius 1 is 1.19 bits per heavy atom. The highest BCUT2D eigenvalue weighted by Crippen LogP contribution is 2.32. The maximum absolute atomic E-state index is 2.38. The number of hydrogen-bond donors (Lipinski definition) is 0. The second-order valence-corrected chi connectivity index (χ2v) is 5.36. The minimum absolute atomic E-state index is 1.24. The highest BCUT2D eigenvalue weighted by molar-refractivity contribution is 7.13. The van der Waals surface area contributed by atoms with Gasteiger partial charge in [0, 0.05) is 4.88 Å². The first-order valence-electron chi connectivity index (χ1n) is 5.85. The lowest BCUT2D eigenvalue weighted by Crippen LogP contribution is -2.00. The van der Waals surface area contributed by atoms with Crippen LogP contribution in [-0.4, -0.2) is 0 Å². The molecule has 1 aliphatic carbocycles. The normalized spacial score (nSPS) is 14.8. The zero-order valence-corrected chi connectivity index (χ0v) is 10.3. The Bertz CT molecular complexity index is 508. The van der Waals surface area contributed by atoms with Crippen molar-refractivity contribution in [1.29, 1.82) is 0 Å². The minimum atomic E-state index is 1.24. The molecular weight excluding hydrogens is 212 g/mol. The Kier molecular flexibility index (Phi) is 2.56. The Balaban J connectivity index is 2.06. The fourth-order valence-electron chi connectivity index (χ4n) is 2.37. The molecule has 0 unspecified atom stereocenters. The van der Waals surface area contributed by atoms with Crippen LogP contribution in [0.15, 0.2) is 29.6 Å². The van der Waals surface area contributed by atoms with Gasteiger partial charge in [-0.1, -0.05) is 12.1 Å². The number of benzene rings is 1. The van der Waals surface area contributed by atoms with Gasteiger partial charge in [0.25, 0.3) is 0 Å². The zero-order valence-electron chi connectivity index (χ0n) is 9.49. The summed E-state index contributed by atoms with van der Waals surface area (Å²) in [6.45, 7) is 2.19. The van der Waals surface area contributed by atoms with Crippen LogP contribution in [0, 0.1) is 13.3 Å². The molecule has 1 heterocycles. The number of aryl methyl sites for hydroxylation is 2. The molecule has 1 aliphatic rings. The molecule has 0 atom stereocenters. The molecule has 81 valence electrons. The number of hydrogen-bond acceptors (Lipinski definition) is 1. The number of thiophene rings is 1. The van der Waals surface area contributed by atoms with Gasteiger partial charge in [-0.15, -0.1) is 11.3 Å². The lowest BCUT2D eigenvalue weighted by atomic mass is 9.90. The van der Waals surface area contributed by atoms with Gasteiger partial charge < -0.3 is 0 Å². The molecule has 0 spiro atoms. The van der Waals surface area contributed by atoms with Crippen LogP contribution in [0.25, 0.3) is 10.4 Å². The molecule has 0 nitrogen and oxygen atoms in total. The van der Waals surface area contributed by atoms with Crippen LogP contribution in [0.3, 0.4) is 0 Å². The maximum atomic E-state index is 2.38. The van der Waals surface area contributed by atoms with Crippen molar-refractivity contribution in [3.05, 3.63) is 52.8 Å². The Hall–Kier alpha value is -1.08. The van der Waals surface area contributed by atoms with E-state index in [2.05, 4.69) is 43.0 Å². The summed E-state index contributed by atoms with van der Waals surface area (Å²) in [7, 11) is 0. The summed E-state index contributed by atoms with van der Waals surface area (Å²) in [4.78, 5) is 1.42. The fraction of sp³-hybridized carbons (Fsp3) is 0.267. The van der Waals surface area contributed by atoms with E-state index >= 15 is 0 Å². The Labute approximate surface area is 101 Å². The summed E-state index contributed by atoms with van der Waals surface area (Å²) >= 11 is 1.84. The van der Waals surface area contributed by atoms with Gasteiger partial charge in [-0.25, -0.2) is 0 Å². The molecule has 1 heteroatoms. The molecule has 0 aliphatic heterocycles. The van der Waals surface area contributed by atoms with Crippen molar-refractivity contribution < 1.29 is 0 Å². The zero-order chi connectivity index (χ0) is 11.0. The first kappa shape index (κ1) is 10.1. The van der Waals surface area contributed by atoms with Crippen molar-refractivity contribution in [2.24, 2.45) is 0 Å². The highest BCUT2D eigenvalue weighted by atomic mass is 32.1. The van der Waals surface area contributed by atoms with Crippen molar-refractivity contribution in [3.8, 4) is 10.4 Å². The van der Waals surface area contributed by atoms with Gasteiger partial charge in [0.2, 0.25) is 0 Å². The number of rotatable bonds is 1. The molecule has 0 saturated heterocycles. The van der Waals surface area contributed by atoms with E-state index in [1.807, 2.05) is 11.3 Å². The summed E-state index contributed by atoms with van der Waals surface area (Å²) in [6, 6.07) is 9.13. The van der Waals surface area contributed by atoms with Gasteiger partial charge >= 0.3 is 0 Å². The second kappa shape index (κ2) is 4.06. The first-order valence-corrected chi connectivity index (χ1v) is 6.73. The van der Waals surface area contributed by atoms with Crippen LogP contribution in [0.5, 0.6) is 0 Å². The molecule has 0 N–H and O–H groups in total. The van der Waals surface area contributed by atoms with Crippen molar-refractivity contribution in [2.45, 2.75) is 26.2 Å². The predicted octanol–water partition coefficient (Wildman–Crippen LogP) is 4.61. The molecule has 16 heavy (non-hydrogen) atoms. The molecule has 1 aromatic heterocycles. The smallest absolute Gasteiger partial charge is 0.0371 e. The summed E-state index contributed by atoms with van der Waals surface area (Å²) in [5, 5.41) is 2.17. The van der Waals surface area contributed by atoms with Crippen molar-refractivity contribution in [2.75, 3.05) is 0 Å². The van der Waals surface area contributed by atoms with Gasteiger partial charge in [-0.2, -0.15) is 0 Å². The quantitative estimate of drug-likeness (QED) is 0.667. The average molecular weight is 227 g/mol. The standard InChI is InChI=1S/C15H15S/c1-11-8-9-16-15(11)14-7-6-12-4-2-3-5-13(12)10-14/h5-10H,2-4H2,1H3. The van der Waals surface area contributed by atoms with Crippen molar-refractivity contribution in [1.82, 2.24) is 0 Å². The molecule has 0 saturated carbocycles. The molecule has 1 radical (unpaired) electrons. The third kappa shape index (κ3) is 1.69. The molecule has 0 bridgehead atoms. The molecular formula is C15H15S. The van der Waals surface area contributed by atoms with Crippen LogP contribution < -0.4 is 0 Å². The summed E-state index contributed by atoms with van der Waals surface area (Å²) in [5.41, 5.74) is 5.74. The van der Waals surface area contributed by atoms with E-state index in [1.165, 1.54) is 46.4 Å². The molecule has 0 amide bonds. The topological polar surface area (TPSA) is 0 Å². The summed E-state index contributed by atoms with van der Waals surface area (Å²) in [5.74, 6) is 0. The maximum Gasteiger partial charge on any atom is 0.0371 e. The molecule has 0 fully saturated rings. The largest absolute Gasteiger partial charge is 0.144 e. The number of fused-ring (bicyclic) bond motifs is 1. The Morgan fingerprint density at radius 2 is 2.12 bits per heavy atom. The highest BCUT2D eigenvalue weighted by Gasteiger charge is 2.11. The summed E-state index contributed by atoms with van der Waals surface area (Å²) in [6.07, 6.45) is 6.17. The van der Waals surface area contributed by atoms with E-state index in [9.17, 15) is 0 Å². The van der Waals surface area contributed by atoms with Crippen molar-refractivity contribution >= 4 is 11.3 Å². The minimum Gasteiger partial charge on any atom is -0.144 e. The van der Waals surface area contributed by atoms with E-state index in [4.69, 9.17) is 0 Å². The average Bonchev–Trinajstić information content (AvgIpc) is 2.75. The SMILES string of the molecule is Cc1ccsc1-c1ccc2c(c1)[CH]CCC2. The van der Waals surface area contributed by atoms with Crippen LogP contribution in [0.1, 0.15) is 29.5 Å². The molecule has 1 aromatic carbocycles. The Morgan fingerprint density at radius 3 is 2.94 bits per heavy atom. The lowest BCUT2D eigenvalue weighted by molar-refractivity contribution is 0.775. The van der Waals surface area contributed by atoms with E-state index in [1.54, 1.807) is 0 Å². The van der Waals surface area contributed by atoms with Crippen LogP contribution in [-0.2, 0) is 6.42 Å². The van der Waals surface area contributed by atoms with Gasteiger partial charge in [-0.05, 0) is 72.4 Å². The van der Waals surface area contributed by atoms with E-state index in [-0.39, 0.29) is 0 Å². The summed E-state index contributed by atoms with van der Waals surface area (Å²) < 4.78 is 0. The second-order valence-electron chi connectivity index (χ2n) is 4.44. The molecule has 2 aromatic rings. The van der Waals surface area contributed by atoms with Gasteiger partial charge in [-0.3, -0.25) is 0 Å². The lowest BCUT2D eigenvalue weighted by Gasteiger charge is -2.16. The third-order valence-corrected chi connectivity index (χ3v) is 4.35. The van der Waals surface area contributed by atoms with Crippen LogP contribution >= 0.6 is 11.3 Å². The van der Waals surface area contributed by atoms with Gasteiger partial charge in [0.15, 0.2) is 0 Å². The van der Waals surface area contributed by atoms with Crippen LogP contribution in [0.4, 0.5) is 0 Å². The van der Waals surface area contributed by atoms with Gasteiger partial charge in [0.05, 0.1) is 0 Å². The van der Waals surface area contributed by atoms with E-state index < -0.39 is 0 Å². The predicted molar refractivity (Wildman–Crippen MR) is 70.8 cm³/mol. The monoisotopic (exact) mass is 227 g/mol. The van der Waals surface area contributed by atoms with Crippen LogP contribution in [0.2, 0.25) is 0 Å². The third-order valence-electron chi connectivity index (χ3n) is 3.28. The van der Waals surface area contributed by atoms with Crippen molar-refractivity contribution in [3.63, 3.8) is 0 Å².